The van der Waals surface area contributed by atoms with E-state index in [0.29, 0.717) is 6.04 Å². The van der Waals surface area contributed by atoms with Crippen LogP contribution in [0.5, 0.6) is 0 Å². The van der Waals surface area contributed by atoms with Crippen LogP contribution < -0.4 is 0 Å². The van der Waals surface area contributed by atoms with Gasteiger partial charge in [0.15, 0.2) is 0 Å². The molecule has 1 atom stereocenters. The second-order valence-corrected chi connectivity index (χ2v) is 8.43. The van der Waals surface area contributed by atoms with Gasteiger partial charge in [-0.25, -0.2) is 0 Å². The van der Waals surface area contributed by atoms with Crippen molar-refractivity contribution in [3.8, 4) is 11.8 Å². The van der Waals surface area contributed by atoms with Crippen LogP contribution >= 0.6 is 11.3 Å². The van der Waals surface area contributed by atoms with Gasteiger partial charge in [-0.15, -0.1) is 11.3 Å². The van der Waals surface area contributed by atoms with Crippen molar-refractivity contribution in [2.75, 3.05) is 46.3 Å². The largest absolute Gasteiger partial charge is 0.378 e. The van der Waals surface area contributed by atoms with Gasteiger partial charge in [-0.1, -0.05) is 11.8 Å². The molecule has 0 unspecified atom stereocenters. The summed E-state index contributed by atoms with van der Waals surface area (Å²) in [6, 6.07) is 4.93. The molecule has 5 heteroatoms. The Hall–Kier alpha value is -0.900. The van der Waals surface area contributed by atoms with Gasteiger partial charge in [0.1, 0.15) is 5.60 Å². The topological polar surface area (TPSA) is 30.0 Å². The molecule has 0 amide bonds. The van der Waals surface area contributed by atoms with E-state index in [4.69, 9.17) is 0 Å². The van der Waals surface area contributed by atoms with Crippen LogP contribution in [0.2, 0.25) is 0 Å². The molecule has 23 heavy (non-hydrogen) atoms. The molecule has 1 aromatic rings. The molecule has 2 saturated heterocycles. The third-order valence-electron chi connectivity index (χ3n) is 4.51. The summed E-state index contributed by atoms with van der Waals surface area (Å²) in [5, 5.41) is 9.69. The average molecular weight is 334 g/mol. The molecular weight excluding hydrogens is 306 g/mol. The number of rotatable bonds is 2. The van der Waals surface area contributed by atoms with Gasteiger partial charge in [0.25, 0.3) is 0 Å². The Morgan fingerprint density at radius 3 is 2.78 bits per heavy atom. The zero-order chi connectivity index (χ0) is 16.4. The van der Waals surface area contributed by atoms with E-state index in [1.54, 1.807) is 25.2 Å². The Bertz CT molecular complexity index is 595. The maximum absolute atomic E-state index is 9.69. The van der Waals surface area contributed by atoms with Gasteiger partial charge in [0.2, 0.25) is 0 Å². The minimum absolute atomic E-state index is 0.678. The van der Waals surface area contributed by atoms with Crippen molar-refractivity contribution < 1.29 is 5.11 Å². The molecule has 0 radical (unpaired) electrons. The summed E-state index contributed by atoms with van der Waals surface area (Å²) in [5.41, 5.74) is -0.923. The molecule has 0 aromatic carbocycles. The number of aliphatic hydroxyl groups is 1. The Morgan fingerprint density at radius 1 is 1.22 bits per heavy atom. The van der Waals surface area contributed by atoms with Crippen molar-refractivity contribution in [3.05, 3.63) is 21.9 Å². The minimum atomic E-state index is -0.923. The summed E-state index contributed by atoms with van der Waals surface area (Å²) in [4.78, 5) is 10.1. The standard InChI is InChI=1S/C18H27N3OS/c1-18(2,22)7-6-16-4-5-17(23-16)14-20-9-11-21-10-8-19(3)12-15(21)13-20/h4-5,15,22H,8-14H2,1-3H3/t15-/m1/s1. The highest BCUT2D eigenvalue weighted by Crippen LogP contribution is 2.21. The molecule has 0 spiro atoms. The molecule has 4 nitrogen and oxygen atoms in total. The van der Waals surface area contributed by atoms with E-state index in [2.05, 4.69) is 45.7 Å². The molecule has 0 saturated carbocycles. The first kappa shape index (κ1) is 16.9. The van der Waals surface area contributed by atoms with E-state index >= 15 is 0 Å². The third-order valence-corrected chi connectivity index (χ3v) is 5.50. The summed E-state index contributed by atoms with van der Waals surface area (Å²) >= 11 is 1.75. The molecule has 126 valence electrons. The predicted octanol–water partition coefficient (Wildman–Crippen LogP) is 1.30. The Balaban J connectivity index is 1.57. The van der Waals surface area contributed by atoms with Gasteiger partial charge < -0.3 is 10.0 Å². The Morgan fingerprint density at radius 2 is 2.00 bits per heavy atom. The lowest BCUT2D eigenvalue weighted by Crippen LogP contribution is -2.60. The highest BCUT2D eigenvalue weighted by Gasteiger charge is 2.30. The van der Waals surface area contributed by atoms with Crippen molar-refractivity contribution in [1.29, 1.82) is 0 Å². The fourth-order valence-corrected chi connectivity index (χ4v) is 4.19. The number of fused-ring (bicyclic) bond motifs is 1. The number of likely N-dealkylation sites (N-methyl/N-ethyl adjacent to an activating group) is 1. The fourth-order valence-electron chi connectivity index (χ4n) is 3.28. The van der Waals surface area contributed by atoms with Crippen molar-refractivity contribution in [2.24, 2.45) is 0 Å². The first-order valence-electron chi connectivity index (χ1n) is 8.38. The summed E-state index contributed by atoms with van der Waals surface area (Å²) in [5.74, 6) is 5.97. The Kier molecular flexibility index (Phi) is 5.10. The van der Waals surface area contributed by atoms with E-state index in [0.717, 1.165) is 24.5 Å². The number of hydrogen-bond acceptors (Lipinski definition) is 5. The maximum atomic E-state index is 9.69. The van der Waals surface area contributed by atoms with Crippen LogP contribution in [0.3, 0.4) is 0 Å². The van der Waals surface area contributed by atoms with Gasteiger partial charge in [0, 0.05) is 56.7 Å². The zero-order valence-electron chi connectivity index (χ0n) is 14.4. The van der Waals surface area contributed by atoms with Gasteiger partial charge in [0.05, 0.1) is 4.88 Å². The van der Waals surface area contributed by atoms with E-state index in [1.165, 1.54) is 31.1 Å². The molecule has 0 bridgehead atoms. The van der Waals surface area contributed by atoms with Crippen LogP contribution in [0.1, 0.15) is 23.6 Å². The number of piperazine rings is 2. The van der Waals surface area contributed by atoms with Gasteiger partial charge in [-0.3, -0.25) is 9.80 Å². The van der Waals surface area contributed by atoms with Gasteiger partial charge in [-0.05, 0) is 33.0 Å². The monoisotopic (exact) mass is 333 g/mol. The van der Waals surface area contributed by atoms with Crippen LogP contribution in [0.15, 0.2) is 12.1 Å². The SMILES string of the molecule is CN1CCN2CCN(Cc3ccc(C#CC(C)(C)O)s3)C[C@H]2C1. The van der Waals surface area contributed by atoms with Gasteiger partial charge in [-0.2, -0.15) is 0 Å². The highest BCUT2D eigenvalue weighted by molar-refractivity contribution is 7.12. The number of nitrogens with zero attached hydrogens (tertiary/aromatic N) is 3. The molecule has 2 fully saturated rings. The van der Waals surface area contributed by atoms with Crippen LogP contribution in [-0.2, 0) is 6.54 Å². The van der Waals surface area contributed by atoms with Crippen LogP contribution in [0.25, 0.3) is 0 Å². The molecule has 1 N–H and O–H groups in total. The number of thiophene rings is 1. The lowest BCUT2D eigenvalue weighted by molar-refractivity contribution is 0.0179. The minimum Gasteiger partial charge on any atom is -0.378 e. The fraction of sp³-hybridized carbons (Fsp3) is 0.667. The van der Waals surface area contributed by atoms with E-state index in [1.807, 2.05) is 0 Å². The van der Waals surface area contributed by atoms with Gasteiger partial charge >= 0.3 is 0 Å². The lowest BCUT2D eigenvalue weighted by atomic mass is 10.1. The quantitative estimate of drug-likeness (QED) is 0.827. The lowest BCUT2D eigenvalue weighted by Gasteiger charge is -2.46. The summed E-state index contributed by atoms with van der Waals surface area (Å²) < 4.78 is 0. The summed E-state index contributed by atoms with van der Waals surface area (Å²) in [6.45, 7) is 11.6. The molecule has 2 aliphatic rings. The van der Waals surface area contributed by atoms with Crippen LogP contribution in [0.4, 0.5) is 0 Å². The van der Waals surface area contributed by atoms with Crippen molar-refractivity contribution in [3.63, 3.8) is 0 Å². The van der Waals surface area contributed by atoms with E-state index < -0.39 is 5.60 Å². The smallest absolute Gasteiger partial charge is 0.120 e. The maximum Gasteiger partial charge on any atom is 0.120 e. The van der Waals surface area contributed by atoms with Crippen molar-refractivity contribution in [2.45, 2.75) is 32.0 Å². The van der Waals surface area contributed by atoms with E-state index in [9.17, 15) is 5.11 Å². The highest BCUT2D eigenvalue weighted by atomic mass is 32.1. The second kappa shape index (κ2) is 6.92. The Labute approximate surface area is 143 Å². The molecule has 1 aromatic heterocycles. The molecular formula is C18H27N3OS. The third kappa shape index (κ3) is 4.79. The molecule has 3 heterocycles. The van der Waals surface area contributed by atoms with Crippen LogP contribution in [-0.4, -0.2) is 77.8 Å². The second-order valence-electron chi connectivity index (χ2n) is 7.26. The van der Waals surface area contributed by atoms with Crippen molar-refractivity contribution in [1.82, 2.24) is 14.7 Å². The average Bonchev–Trinajstić information content (AvgIpc) is 2.91. The predicted molar refractivity (Wildman–Crippen MR) is 95.6 cm³/mol. The normalized spacial score (nSPS) is 24.1. The van der Waals surface area contributed by atoms with E-state index in [-0.39, 0.29) is 0 Å². The first-order valence-corrected chi connectivity index (χ1v) is 9.20. The summed E-state index contributed by atoms with van der Waals surface area (Å²) in [7, 11) is 2.23. The molecule has 3 rings (SSSR count). The summed E-state index contributed by atoms with van der Waals surface area (Å²) in [6.07, 6.45) is 0. The zero-order valence-corrected chi connectivity index (χ0v) is 15.2. The number of hydrogen-bond donors (Lipinski definition) is 1. The van der Waals surface area contributed by atoms with Crippen molar-refractivity contribution >= 4 is 11.3 Å². The molecule has 2 aliphatic heterocycles. The first-order chi connectivity index (χ1) is 10.9. The molecule has 0 aliphatic carbocycles. The van der Waals surface area contributed by atoms with Crippen LogP contribution in [0, 0.1) is 11.8 Å².